The van der Waals surface area contributed by atoms with Gasteiger partial charge in [0.25, 0.3) is 0 Å². The van der Waals surface area contributed by atoms with Crippen LogP contribution in [-0.2, 0) is 73.1 Å². The molecule has 2 atom stereocenters. The van der Waals surface area contributed by atoms with E-state index < -0.39 is 104 Å². The summed E-state index contributed by atoms with van der Waals surface area (Å²) < 4.78 is 118. The quantitative estimate of drug-likeness (QED) is 0.0479. The van der Waals surface area contributed by atoms with E-state index in [1.165, 1.54) is 58.3 Å². The van der Waals surface area contributed by atoms with E-state index in [1.807, 2.05) is 0 Å². The Morgan fingerprint density at radius 1 is 0.554 bits per heavy atom. The molecule has 0 spiro atoms. The number of amides is 4. The maximum absolute atomic E-state index is 16.2. The smallest absolute Gasteiger partial charge is 0.418 e. The summed E-state index contributed by atoms with van der Waals surface area (Å²) in [5.74, 6) is -2.99. The van der Waals surface area contributed by atoms with Gasteiger partial charge in [-0.25, -0.2) is 19.2 Å². The van der Waals surface area contributed by atoms with Gasteiger partial charge in [0.05, 0.1) is 51.6 Å². The predicted molar refractivity (Wildman–Crippen MR) is 287 cm³/mol. The number of benzene rings is 4. The van der Waals surface area contributed by atoms with Crippen molar-refractivity contribution in [1.82, 2.24) is 19.6 Å². The second kappa shape index (κ2) is 24.6. The Hall–Kier alpha value is -7.77. The van der Waals surface area contributed by atoms with Gasteiger partial charge in [-0.05, 0) is 112 Å². The van der Waals surface area contributed by atoms with Crippen LogP contribution in [0.3, 0.4) is 0 Å². The average Bonchev–Trinajstić information content (AvgIpc) is 2.08. The lowest BCUT2D eigenvalue weighted by Crippen LogP contribution is -2.59. The number of alkyl halides is 6. The van der Waals surface area contributed by atoms with Crippen molar-refractivity contribution in [2.24, 2.45) is 0 Å². The van der Waals surface area contributed by atoms with Crippen molar-refractivity contribution >= 4 is 59.9 Å². The third kappa shape index (κ3) is 14.4. The van der Waals surface area contributed by atoms with Crippen molar-refractivity contribution in [3.8, 4) is 33.8 Å². The molecular weight excluding hydrogens is 1120 g/mol. The minimum Gasteiger partial charge on any atom is -0.467 e. The fourth-order valence-electron chi connectivity index (χ4n) is 9.75. The number of esters is 2. The Kier molecular flexibility index (Phi) is 18.2. The fraction of sp³-hybridized carbons (Fsp3) is 0.414. The lowest BCUT2D eigenvalue weighted by molar-refractivity contribution is -0.215. The molecule has 0 aliphatic carbocycles. The Labute approximate surface area is 477 Å². The molecule has 4 heterocycles. The third-order valence-electron chi connectivity index (χ3n) is 13.5. The molecule has 4 aliphatic rings. The Bertz CT molecular complexity index is 3030. The second-order valence-electron chi connectivity index (χ2n) is 21.5. The van der Waals surface area contributed by atoms with Crippen LogP contribution in [0.15, 0.2) is 82.6 Å². The first-order valence-electron chi connectivity index (χ1n) is 26.2. The highest BCUT2D eigenvalue weighted by Gasteiger charge is 2.44. The summed E-state index contributed by atoms with van der Waals surface area (Å²) in [6, 6.07) is 10.0. The molecule has 0 N–H and O–H groups in total. The summed E-state index contributed by atoms with van der Waals surface area (Å²) in [4.78, 5) is 104. The van der Waals surface area contributed by atoms with Crippen LogP contribution in [0.5, 0.6) is 11.5 Å². The molecule has 4 aromatic rings. The van der Waals surface area contributed by atoms with Gasteiger partial charge in [-0.3, -0.25) is 9.59 Å². The molecule has 0 saturated carbocycles. The van der Waals surface area contributed by atoms with Crippen LogP contribution in [0.2, 0.25) is 0 Å². The van der Waals surface area contributed by atoms with Crippen molar-refractivity contribution in [3.63, 3.8) is 0 Å². The maximum atomic E-state index is 16.2. The van der Waals surface area contributed by atoms with Gasteiger partial charge < -0.3 is 48.3 Å². The minimum atomic E-state index is -5.28. The number of halogens is 6. The van der Waals surface area contributed by atoms with E-state index in [1.54, 1.807) is 41.5 Å². The zero-order valence-corrected chi connectivity index (χ0v) is 47.3. The first-order valence-corrected chi connectivity index (χ1v) is 27.0. The fourth-order valence-corrected chi connectivity index (χ4v) is 10.9. The number of rotatable bonds is 10. The molecule has 2 fully saturated rings. The van der Waals surface area contributed by atoms with Gasteiger partial charge in [-0.1, -0.05) is 36.0 Å². The first kappa shape index (κ1) is 61.3. The summed E-state index contributed by atoms with van der Waals surface area (Å²) in [5.41, 5.74) is -5.07. The molecule has 0 bridgehead atoms. The zero-order chi connectivity index (χ0) is 60.3. The lowest BCUT2D eigenvalue weighted by Gasteiger charge is -2.39. The molecule has 8 rings (SSSR count). The molecular formula is C58H60F6N4O14S. The van der Waals surface area contributed by atoms with Crippen molar-refractivity contribution in [2.45, 2.75) is 99.8 Å². The largest absolute Gasteiger partial charge is 0.467 e. The number of methoxy groups -OCH3 is 2. The normalized spacial score (nSPS) is 17.8. The zero-order valence-electron chi connectivity index (χ0n) is 46.5. The van der Waals surface area contributed by atoms with Crippen LogP contribution < -0.4 is 9.78 Å². The van der Waals surface area contributed by atoms with Crippen LogP contribution >= 0.6 is 11.8 Å². The number of fused-ring (bicyclic) bond motifs is 2. The van der Waals surface area contributed by atoms with Crippen molar-refractivity contribution in [2.75, 3.05) is 66.7 Å². The van der Waals surface area contributed by atoms with E-state index in [2.05, 4.69) is 0 Å². The van der Waals surface area contributed by atoms with Crippen molar-refractivity contribution < 1.29 is 93.6 Å². The lowest BCUT2D eigenvalue weighted by atomic mass is 9.91. The molecule has 4 aliphatic heterocycles. The van der Waals surface area contributed by atoms with Crippen LogP contribution in [-0.4, -0.2) is 146 Å². The number of piperazine rings is 2. The number of hydrogen-bond acceptors (Lipinski definition) is 15. The molecule has 25 heteroatoms. The topological polar surface area (TPSA) is 189 Å². The molecule has 2 saturated heterocycles. The number of carbonyl (C=O) groups is 6. The molecule has 2 unspecified atom stereocenters. The van der Waals surface area contributed by atoms with E-state index in [0.29, 0.717) is 11.1 Å². The third-order valence-corrected chi connectivity index (χ3v) is 14.6. The van der Waals surface area contributed by atoms with E-state index >= 15 is 26.3 Å². The highest BCUT2D eigenvalue weighted by atomic mass is 32.2. The number of nitrogens with zero attached hydrogens (tertiary/aromatic N) is 4. The molecule has 444 valence electrons. The molecule has 18 nitrogen and oxygen atoms in total. The van der Waals surface area contributed by atoms with Crippen LogP contribution in [0, 0.1) is 0 Å². The van der Waals surface area contributed by atoms with Crippen molar-refractivity contribution in [1.29, 1.82) is 0 Å². The van der Waals surface area contributed by atoms with E-state index in [-0.39, 0.29) is 111 Å². The molecule has 0 aromatic heterocycles. The predicted octanol–water partition coefficient (Wildman–Crippen LogP) is 10.2. The van der Waals surface area contributed by atoms with Crippen LogP contribution in [0.4, 0.5) is 35.9 Å². The summed E-state index contributed by atoms with van der Waals surface area (Å²) in [5, 5.41) is 0. The highest BCUT2D eigenvalue weighted by Crippen LogP contribution is 2.52. The molecule has 4 amide bonds. The molecule has 4 aromatic carbocycles. The van der Waals surface area contributed by atoms with Gasteiger partial charge in [-0.2, -0.15) is 36.1 Å². The SMILES string of the molecule is COC(=O)C1CN(C(=O)OC(C)(C)C)CCN1C(=O)C=Cc1ccc(Sc2ccc(C=CC(=O)N3CCN(C(=O)OC(C)(C)C)CC3C(=O)OC)c(-c3ccc4c(c3)CCOO4)c2C(F)(F)F)c(C(F)(F)F)c1-c1ccc2c(c1)CCOO2. The molecule has 0 radical (unpaired) electrons. The first-order chi connectivity index (χ1) is 39.0. The summed E-state index contributed by atoms with van der Waals surface area (Å²) >= 11 is 0.189. The van der Waals surface area contributed by atoms with Gasteiger partial charge in [-0.15, -0.1) is 0 Å². The minimum absolute atomic E-state index is 0.0441. The van der Waals surface area contributed by atoms with Crippen molar-refractivity contribution in [3.05, 3.63) is 106 Å². The van der Waals surface area contributed by atoms with E-state index in [9.17, 15) is 28.8 Å². The van der Waals surface area contributed by atoms with E-state index in [0.717, 1.165) is 60.5 Å². The standard InChI is InChI=1S/C58H60F6N4O14S/c1-55(2,3)79-53(73)65-23-25-67(39(31-65)51(71)75-7)45(69)19-13-33-11-17-43(49(57(59,60)61)47(33)37-9-15-41-35(29-37)21-27-77-81-41)83-44-18-12-34(48(50(44)58(62,63)64)38-10-16-42-36(30-38)22-28-78-82-42)14-20-46(70)68-26-24-66(32-40(68)52(72)76-8)54(74)80-56(4,5)6/h9-20,29-30,39-40H,21-28,31-32H2,1-8H3. The molecule has 83 heavy (non-hydrogen) atoms. The maximum Gasteiger partial charge on any atom is 0.418 e. The van der Waals surface area contributed by atoms with Crippen LogP contribution in [0.25, 0.3) is 34.4 Å². The van der Waals surface area contributed by atoms with Gasteiger partial charge in [0.2, 0.25) is 11.8 Å². The Balaban J connectivity index is 1.23. The van der Waals surface area contributed by atoms with Crippen LogP contribution in [0.1, 0.15) is 74.9 Å². The average molecular weight is 1180 g/mol. The summed E-state index contributed by atoms with van der Waals surface area (Å²) in [6.07, 6.45) is -7.48. The Morgan fingerprint density at radius 3 is 1.29 bits per heavy atom. The number of ether oxygens (including phenoxy) is 4. The van der Waals surface area contributed by atoms with Gasteiger partial charge in [0, 0.05) is 83.2 Å². The van der Waals surface area contributed by atoms with Gasteiger partial charge in [0.15, 0.2) is 11.5 Å². The highest BCUT2D eigenvalue weighted by molar-refractivity contribution is 7.99. The van der Waals surface area contributed by atoms with Gasteiger partial charge in [0.1, 0.15) is 23.3 Å². The monoisotopic (exact) mass is 1180 g/mol. The Morgan fingerprint density at radius 2 is 0.940 bits per heavy atom. The summed E-state index contributed by atoms with van der Waals surface area (Å²) in [7, 11) is 2.18. The number of carbonyl (C=O) groups excluding carboxylic acids is 6. The number of hydrogen-bond donors (Lipinski definition) is 0. The van der Waals surface area contributed by atoms with Gasteiger partial charge >= 0.3 is 36.5 Å². The van der Waals surface area contributed by atoms with E-state index in [4.69, 9.17) is 38.5 Å². The summed E-state index contributed by atoms with van der Waals surface area (Å²) in [6.45, 7) is 8.84. The second-order valence-corrected chi connectivity index (χ2v) is 22.6.